The summed E-state index contributed by atoms with van der Waals surface area (Å²) in [6, 6.07) is 7.07. The molecule has 2 aliphatic rings. The second kappa shape index (κ2) is 4.82. The van der Waals surface area contributed by atoms with Crippen LogP contribution in [-0.2, 0) is 0 Å². The number of carbonyl (C=O) groups excluding carboxylic acids is 2. The number of halogens is 1. The number of Topliss-reactive ketones (excluding diaryl/α,β-unsaturated/α-hetero) is 2. The number of ketones is 2. The van der Waals surface area contributed by atoms with E-state index < -0.39 is 0 Å². The van der Waals surface area contributed by atoms with E-state index in [0.717, 1.165) is 25.7 Å². The Labute approximate surface area is 116 Å². The topological polar surface area (TPSA) is 46.2 Å². The third-order valence-corrected chi connectivity index (χ3v) is 4.13. The van der Waals surface area contributed by atoms with Crippen LogP contribution in [0.1, 0.15) is 46.4 Å². The molecule has 0 aromatic heterocycles. The lowest BCUT2D eigenvalue weighted by Crippen LogP contribution is -2.34. The summed E-state index contributed by atoms with van der Waals surface area (Å²) in [6.45, 7) is 0. The van der Waals surface area contributed by atoms with Crippen LogP contribution in [0, 0.1) is 0 Å². The number of carbonyl (C=O) groups is 2. The number of hydrogen-bond acceptors (Lipinski definition) is 3. The summed E-state index contributed by atoms with van der Waals surface area (Å²) in [5.74, 6) is -0.440. The van der Waals surface area contributed by atoms with Crippen molar-refractivity contribution in [2.75, 3.05) is 0 Å². The summed E-state index contributed by atoms with van der Waals surface area (Å²) < 4.78 is 0. The van der Waals surface area contributed by atoms with Crippen molar-refractivity contribution >= 4 is 23.2 Å². The molecule has 2 aliphatic carbocycles. The lowest BCUT2D eigenvalue weighted by Gasteiger charge is -2.21. The number of hydrogen-bond donors (Lipinski definition) is 1. The van der Waals surface area contributed by atoms with Crippen LogP contribution >= 0.6 is 11.6 Å². The standard InChI is InChI=1S/C15H14ClNO2/c16-12-13(17-9-5-1-2-6-9)15(19)11-8-4-3-7-10(11)14(12)18/h3-4,7-9,17H,1-2,5-6H2. The highest BCUT2D eigenvalue weighted by atomic mass is 35.5. The quantitative estimate of drug-likeness (QED) is 0.902. The molecule has 0 aliphatic heterocycles. The van der Waals surface area contributed by atoms with Crippen molar-refractivity contribution in [1.29, 1.82) is 0 Å². The maximum absolute atomic E-state index is 12.4. The molecule has 0 atom stereocenters. The van der Waals surface area contributed by atoms with E-state index >= 15 is 0 Å². The fraction of sp³-hybridized carbons (Fsp3) is 0.333. The second-order valence-electron chi connectivity index (χ2n) is 5.02. The zero-order valence-electron chi connectivity index (χ0n) is 10.4. The van der Waals surface area contributed by atoms with E-state index in [1.165, 1.54) is 0 Å². The summed E-state index contributed by atoms with van der Waals surface area (Å²) in [7, 11) is 0. The first kappa shape index (κ1) is 12.4. The minimum atomic E-state index is -0.266. The van der Waals surface area contributed by atoms with Crippen LogP contribution in [0.25, 0.3) is 0 Å². The van der Waals surface area contributed by atoms with E-state index in [9.17, 15) is 9.59 Å². The molecule has 0 unspecified atom stereocenters. The summed E-state index contributed by atoms with van der Waals surface area (Å²) in [6.07, 6.45) is 4.36. The highest BCUT2D eigenvalue weighted by Gasteiger charge is 2.32. The molecular formula is C15H14ClNO2. The van der Waals surface area contributed by atoms with Gasteiger partial charge in [0.2, 0.25) is 11.6 Å². The van der Waals surface area contributed by atoms with Crippen LogP contribution in [0.3, 0.4) is 0 Å². The maximum Gasteiger partial charge on any atom is 0.211 e. The molecule has 3 nitrogen and oxygen atoms in total. The van der Waals surface area contributed by atoms with Crippen LogP contribution < -0.4 is 5.32 Å². The average molecular weight is 276 g/mol. The Hall–Kier alpha value is -1.61. The molecule has 19 heavy (non-hydrogen) atoms. The molecular weight excluding hydrogens is 262 g/mol. The second-order valence-corrected chi connectivity index (χ2v) is 5.40. The van der Waals surface area contributed by atoms with E-state index in [1.54, 1.807) is 24.3 Å². The predicted octanol–water partition coefficient (Wildman–Crippen LogP) is 3.05. The summed E-state index contributed by atoms with van der Waals surface area (Å²) in [4.78, 5) is 24.6. The van der Waals surface area contributed by atoms with Gasteiger partial charge in [0, 0.05) is 17.2 Å². The van der Waals surface area contributed by atoms with Gasteiger partial charge < -0.3 is 5.32 Å². The van der Waals surface area contributed by atoms with Gasteiger partial charge in [-0.25, -0.2) is 0 Å². The van der Waals surface area contributed by atoms with Gasteiger partial charge in [-0.3, -0.25) is 9.59 Å². The molecule has 98 valence electrons. The monoisotopic (exact) mass is 275 g/mol. The highest BCUT2D eigenvalue weighted by molar-refractivity contribution is 6.49. The molecule has 1 N–H and O–H groups in total. The summed E-state index contributed by atoms with van der Waals surface area (Å²) >= 11 is 6.08. The van der Waals surface area contributed by atoms with Crippen LogP contribution in [0.5, 0.6) is 0 Å². The molecule has 4 heteroatoms. The Balaban J connectivity index is 1.98. The minimum Gasteiger partial charge on any atom is -0.378 e. The molecule has 0 radical (unpaired) electrons. The third kappa shape index (κ3) is 2.08. The zero-order valence-corrected chi connectivity index (χ0v) is 11.2. The molecule has 3 rings (SSSR count). The molecule has 0 spiro atoms. The Bertz CT molecular complexity index is 586. The van der Waals surface area contributed by atoms with Crippen molar-refractivity contribution in [2.24, 2.45) is 0 Å². The van der Waals surface area contributed by atoms with E-state index in [2.05, 4.69) is 5.32 Å². The maximum atomic E-state index is 12.4. The van der Waals surface area contributed by atoms with Crippen LogP contribution in [0.4, 0.5) is 0 Å². The van der Waals surface area contributed by atoms with Crippen molar-refractivity contribution < 1.29 is 9.59 Å². The Morgan fingerprint density at radius 2 is 1.58 bits per heavy atom. The Morgan fingerprint density at radius 1 is 1.00 bits per heavy atom. The number of benzene rings is 1. The lowest BCUT2D eigenvalue weighted by molar-refractivity contribution is 0.0973. The normalized spacial score (nSPS) is 19.8. The van der Waals surface area contributed by atoms with Gasteiger partial charge in [0.1, 0.15) is 10.7 Å². The van der Waals surface area contributed by atoms with Crippen molar-refractivity contribution in [3.05, 3.63) is 46.1 Å². The zero-order chi connectivity index (χ0) is 13.4. The number of nitrogens with one attached hydrogen (secondary N) is 1. The highest BCUT2D eigenvalue weighted by Crippen LogP contribution is 2.29. The molecule has 1 fully saturated rings. The van der Waals surface area contributed by atoms with Gasteiger partial charge in [0.05, 0.1) is 0 Å². The van der Waals surface area contributed by atoms with Gasteiger partial charge >= 0.3 is 0 Å². The predicted molar refractivity (Wildman–Crippen MR) is 73.4 cm³/mol. The first-order valence-corrected chi connectivity index (χ1v) is 6.91. The molecule has 1 aromatic rings. The van der Waals surface area contributed by atoms with Crippen molar-refractivity contribution in [1.82, 2.24) is 5.32 Å². The van der Waals surface area contributed by atoms with Crippen LogP contribution in [0.15, 0.2) is 35.0 Å². The largest absolute Gasteiger partial charge is 0.378 e. The van der Waals surface area contributed by atoms with Gasteiger partial charge in [0.15, 0.2) is 0 Å². The van der Waals surface area contributed by atoms with Crippen molar-refractivity contribution in [3.8, 4) is 0 Å². The average Bonchev–Trinajstić information content (AvgIpc) is 2.94. The summed E-state index contributed by atoms with van der Waals surface area (Å²) in [5, 5.41) is 3.19. The Kier molecular flexibility index (Phi) is 3.15. The molecule has 0 bridgehead atoms. The fourth-order valence-corrected chi connectivity index (χ4v) is 2.99. The van der Waals surface area contributed by atoms with Crippen molar-refractivity contribution in [2.45, 2.75) is 31.7 Å². The first-order valence-electron chi connectivity index (χ1n) is 6.53. The van der Waals surface area contributed by atoms with E-state index in [4.69, 9.17) is 11.6 Å². The fourth-order valence-electron chi connectivity index (χ4n) is 2.75. The first-order chi connectivity index (χ1) is 9.18. The number of allylic oxidation sites excluding steroid dienone is 2. The van der Waals surface area contributed by atoms with Gasteiger partial charge in [-0.1, -0.05) is 48.7 Å². The third-order valence-electron chi connectivity index (χ3n) is 3.77. The molecule has 0 saturated heterocycles. The smallest absolute Gasteiger partial charge is 0.211 e. The van der Waals surface area contributed by atoms with E-state index in [0.29, 0.717) is 11.1 Å². The lowest BCUT2D eigenvalue weighted by atomic mass is 9.92. The van der Waals surface area contributed by atoms with Gasteiger partial charge in [-0.2, -0.15) is 0 Å². The summed E-state index contributed by atoms with van der Waals surface area (Å²) in [5.41, 5.74) is 1.11. The van der Waals surface area contributed by atoms with Gasteiger partial charge in [0.25, 0.3) is 0 Å². The minimum absolute atomic E-state index is 0.0237. The molecule has 1 saturated carbocycles. The van der Waals surface area contributed by atoms with Gasteiger partial charge in [-0.05, 0) is 12.8 Å². The SMILES string of the molecule is O=C1C(Cl)=C(NC2CCCC2)C(=O)c2ccccc21. The number of fused-ring (bicyclic) bond motifs is 1. The van der Waals surface area contributed by atoms with E-state index in [1.807, 2.05) is 0 Å². The molecule has 0 heterocycles. The van der Waals surface area contributed by atoms with E-state index in [-0.39, 0.29) is 28.3 Å². The molecule has 1 aromatic carbocycles. The Morgan fingerprint density at radius 3 is 2.21 bits per heavy atom. The van der Waals surface area contributed by atoms with Gasteiger partial charge in [-0.15, -0.1) is 0 Å². The van der Waals surface area contributed by atoms with Crippen LogP contribution in [-0.4, -0.2) is 17.6 Å². The molecule has 0 amide bonds. The van der Waals surface area contributed by atoms with Crippen LogP contribution in [0.2, 0.25) is 0 Å². The van der Waals surface area contributed by atoms with Crippen molar-refractivity contribution in [3.63, 3.8) is 0 Å². The number of rotatable bonds is 2.